The molecule has 2 aromatic rings. The van der Waals surface area contributed by atoms with E-state index in [9.17, 15) is 9.00 Å². The number of hydrogen-bond acceptors (Lipinski definition) is 4. The van der Waals surface area contributed by atoms with E-state index in [1.807, 2.05) is 54.6 Å². The van der Waals surface area contributed by atoms with Crippen LogP contribution in [0, 0.1) is 0 Å². The average molecular weight is 444 g/mol. The first-order valence-electron chi connectivity index (χ1n) is 10.2. The van der Waals surface area contributed by atoms with Crippen molar-refractivity contribution in [3.05, 3.63) is 65.2 Å². The molecule has 0 N–H and O–H groups in total. The van der Waals surface area contributed by atoms with Crippen molar-refractivity contribution in [2.75, 3.05) is 51.2 Å². The van der Waals surface area contributed by atoms with E-state index in [2.05, 4.69) is 16.8 Å². The van der Waals surface area contributed by atoms with Crippen LogP contribution < -0.4 is 4.90 Å². The molecule has 2 heterocycles. The number of carbonyl (C=O) groups excluding carboxylic acids is 1. The van der Waals surface area contributed by atoms with Gasteiger partial charge in [0.15, 0.2) is 0 Å². The minimum absolute atomic E-state index is 0.0373. The minimum Gasteiger partial charge on any atom is -0.306 e. The van der Waals surface area contributed by atoms with Crippen LogP contribution in [0.15, 0.2) is 64.5 Å². The maximum absolute atomic E-state index is 13.5. The van der Waals surface area contributed by atoms with E-state index in [0.29, 0.717) is 27.6 Å². The van der Waals surface area contributed by atoms with E-state index in [4.69, 9.17) is 11.6 Å². The fourth-order valence-corrected chi connectivity index (χ4v) is 5.73. The molecule has 7 heteroatoms. The van der Waals surface area contributed by atoms with Gasteiger partial charge in [0, 0.05) is 32.7 Å². The molecule has 0 spiro atoms. The van der Waals surface area contributed by atoms with Gasteiger partial charge in [0.25, 0.3) is 5.91 Å². The van der Waals surface area contributed by atoms with Crippen molar-refractivity contribution in [2.45, 2.75) is 11.3 Å². The number of benzene rings is 2. The van der Waals surface area contributed by atoms with Crippen LogP contribution in [0.3, 0.4) is 0 Å². The smallest absolute Gasteiger partial charge is 0.271 e. The van der Waals surface area contributed by atoms with E-state index < -0.39 is 10.8 Å². The molecule has 0 aliphatic carbocycles. The molecule has 2 aliphatic rings. The lowest BCUT2D eigenvalue weighted by molar-refractivity contribution is -0.114. The van der Waals surface area contributed by atoms with Gasteiger partial charge in [-0.25, -0.2) is 4.21 Å². The van der Waals surface area contributed by atoms with Crippen molar-refractivity contribution in [3.63, 3.8) is 0 Å². The van der Waals surface area contributed by atoms with Crippen LogP contribution in [0.2, 0.25) is 0 Å². The van der Waals surface area contributed by atoms with Crippen LogP contribution in [0.4, 0.5) is 5.69 Å². The van der Waals surface area contributed by atoms with Gasteiger partial charge in [-0.05, 0) is 37.7 Å². The third-order valence-electron chi connectivity index (χ3n) is 5.66. The molecule has 1 amide bonds. The Balaban J connectivity index is 1.61. The molecule has 5 nitrogen and oxygen atoms in total. The highest BCUT2D eigenvalue weighted by Gasteiger charge is 2.32. The molecule has 2 aromatic carbocycles. The molecular formula is C23H26ClN3O2S. The number of amides is 1. The first kappa shape index (κ1) is 21.2. The second kappa shape index (κ2) is 9.43. The number of rotatable bonds is 5. The number of piperazine rings is 1. The zero-order valence-corrected chi connectivity index (χ0v) is 18.7. The van der Waals surface area contributed by atoms with E-state index in [1.165, 1.54) is 0 Å². The van der Waals surface area contributed by atoms with E-state index in [0.717, 1.165) is 39.1 Å². The number of likely N-dealkylation sites (N-methyl/N-ethyl adjacent to an activating group) is 1. The van der Waals surface area contributed by atoms with Crippen molar-refractivity contribution in [1.82, 2.24) is 9.80 Å². The standard InChI is InChI=1S/C23H26ClN3O2S/c1-25-14-16-26(17-15-25)12-7-13-27-19-10-5-6-11-20(19)30(29)22(21(24)23(27)28)18-8-3-2-4-9-18/h2-6,8-11H,7,12-17H2,1H3. The van der Waals surface area contributed by atoms with Crippen molar-refractivity contribution in [3.8, 4) is 0 Å². The lowest BCUT2D eigenvalue weighted by atomic mass is 10.2. The molecule has 1 fully saturated rings. The zero-order chi connectivity index (χ0) is 21.1. The third-order valence-corrected chi connectivity index (χ3v) is 7.68. The van der Waals surface area contributed by atoms with Crippen molar-refractivity contribution >= 4 is 38.9 Å². The van der Waals surface area contributed by atoms with Crippen molar-refractivity contribution in [1.29, 1.82) is 0 Å². The summed E-state index contributed by atoms with van der Waals surface area (Å²) in [7, 11) is 0.604. The van der Waals surface area contributed by atoms with Crippen LogP contribution in [0.25, 0.3) is 4.91 Å². The maximum Gasteiger partial charge on any atom is 0.271 e. The summed E-state index contributed by atoms with van der Waals surface area (Å²) in [5.41, 5.74) is 1.39. The zero-order valence-electron chi connectivity index (χ0n) is 17.1. The molecule has 158 valence electrons. The SMILES string of the molecule is CN1CCN(CCCN2C(=O)C(Cl)=C(c3ccccc3)S(=O)c3ccccc32)CC1. The molecule has 1 atom stereocenters. The number of nitrogens with zero attached hydrogens (tertiary/aromatic N) is 3. The van der Waals surface area contributed by atoms with Crippen LogP contribution in [-0.4, -0.2) is 66.2 Å². The number of halogens is 1. The number of anilines is 1. The summed E-state index contributed by atoms with van der Waals surface area (Å²) < 4.78 is 13.5. The quantitative estimate of drug-likeness (QED) is 0.710. The summed E-state index contributed by atoms with van der Waals surface area (Å²) in [5, 5.41) is 0.0373. The maximum atomic E-state index is 13.5. The Hall–Kier alpha value is -1.99. The second-order valence-corrected chi connectivity index (χ2v) is 9.46. The molecule has 30 heavy (non-hydrogen) atoms. The fraction of sp³-hybridized carbons (Fsp3) is 0.348. The highest BCUT2D eigenvalue weighted by molar-refractivity contribution is 7.95. The Morgan fingerprint density at radius 2 is 1.60 bits per heavy atom. The van der Waals surface area contributed by atoms with Gasteiger partial charge in [0.2, 0.25) is 0 Å². The van der Waals surface area contributed by atoms with Gasteiger partial charge < -0.3 is 14.7 Å². The van der Waals surface area contributed by atoms with Crippen LogP contribution in [-0.2, 0) is 15.6 Å². The number of carbonyl (C=O) groups is 1. The lowest BCUT2D eigenvalue weighted by Crippen LogP contribution is -2.45. The summed E-state index contributed by atoms with van der Waals surface area (Å²) in [6.07, 6.45) is 0.835. The van der Waals surface area contributed by atoms with Gasteiger partial charge in [-0.3, -0.25) is 4.79 Å². The second-order valence-electron chi connectivity index (χ2n) is 7.70. The Bertz CT molecular complexity index is 971. The van der Waals surface area contributed by atoms with E-state index in [1.54, 1.807) is 4.90 Å². The molecule has 0 bridgehead atoms. The van der Waals surface area contributed by atoms with Gasteiger partial charge >= 0.3 is 0 Å². The van der Waals surface area contributed by atoms with Crippen molar-refractivity contribution in [2.24, 2.45) is 0 Å². The van der Waals surface area contributed by atoms with Gasteiger partial charge in [-0.2, -0.15) is 0 Å². The molecule has 1 saturated heterocycles. The topological polar surface area (TPSA) is 43.9 Å². The molecule has 1 unspecified atom stereocenters. The predicted octanol–water partition coefficient (Wildman–Crippen LogP) is 3.39. The molecule has 0 saturated carbocycles. The summed E-state index contributed by atoms with van der Waals surface area (Å²) in [4.78, 5) is 20.8. The summed E-state index contributed by atoms with van der Waals surface area (Å²) >= 11 is 6.57. The minimum atomic E-state index is -1.54. The molecular weight excluding hydrogens is 418 g/mol. The normalized spacial score (nSPS) is 20.9. The molecule has 2 aliphatic heterocycles. The number of fused-ring (bicyclic) bond motifs is 1. The average Bonchev–Trinajstić information content (AvgIpc) is 2.85. The van der Waals surface area contributed by atoms with Gasteiger partial charge in [0.05, 0.1) is 26.3 Å². The molecule has 4 rings (SSSR count). The fourth-order valence-electron chi connectivity index (χ4n) is 3.92. The Labute approximate surface area is 185 Å². The Morgan fingerprint density at radius 3 is 2.33 bits per heavy atom. The largest absolute Gasteiger partial charge is 0.306 e. The van der Waals surface area contributed by atoms with Crippen LogP contribution in [0.1, 0.15) is 12.0 Å². The molecule has 0 radical (unpaired) electrons. The number of para-hydroxylation sites is 1. The van der Waals surface area contributed by atoms with Gasteiger partial charge in [0.1, 0.15) is 5.03 Å². The summed E-state index contributed by atoms with van der Waals surface area (Å²) in [6.45, 7) is 5.69. The molecule has 0 aromatic heterocycles. The summed E-state index contributed by atoms with van der Waals surface area (Å²) in [6, 6.07) is 16.7. The Morgan fingerprint density at radius 1 is 0.933 bits per heavy atom. The first-order chi connectivity index (χ1) is 14.6. The highest BCUT2D eigenvalue weighted by Crippen LogP contribution is 2.38. The Kier molecular flexibility index (Phi) is 6.68. The highest BCUT2D eigenvalue weighted by atomic mass is 35.5. The van der Waals surface area contributed by atoms with Crippen LogP contribution in [0.5, 0.6) is 0 Å². The monoisotopic (exact) mass is 443 g/mol. The van der Waals surface area contributed by atoms with Crippen LogP contribution >= 0.6 is 11.6 Å². The third kappa shape index (κ3) is 4.37. The van der Waals surface area contributed by atoms with Gasteiger partial charge in [-0.15, -0.1) is 0 Å². The predicted molar refractivity (Wildman–Crippen MR) is 123 cm³/mol. The lowest BCUT2D eigenvalue weighted by Gasteiger charge is -2.33. The van der Waals surface area contributed by atoms with Gasteiger partial charge in [-0.1, -0.05) is 54.1 Å². The van der Waals surface area contributed by atoms with Crippen molar-refractivity contribution < 1.29 is 9.00 Å². The summed E-state index contributed by atoms with van der Waals surface area (Å²) in [5.74, 6) is -0.285. The first-order valence-corrected chi connectivity index (χ1v) is 11.8. The van der Waals surface area contributed by atoms with E-state index >= 15 is 0 Å². The number of hydrogen-bond donors (Lipinski definition) is 0. The van der Waals surface area contributed by atoms with E-state index in [-0.39, 0.29) is 10.9 Å².